The summed E-state index contributed by atoms with van der Waals surface area (Å²) in [5.41, 5.74) is 5.44. The zero-order valence-corrected chi connectivity index (χ0v) is 19.5. The van der Waals surface area contributed by atoms with Crippen LogP contribution in [0.4, 0.5) is 0 Å². The van der Waals surface area contributed by atoms with E-state index in [9.17, 15) is 9.59 Å². The van der Waals surface area contributed by atoms with E-state index in [0.717, 1.165) is 83.9 Å². The maximum absolute atomic E-state index is 11.6. The summed E-state index contributed by atoms with van der Waals surface area (Å²) < 4.78 is 0. The molecular formula is C19H37IN6O2. The number of carbonyl (C=O) groups is 2. The number of guanidine groups is 1. The van der Waals surface area contributed by atoms with Crippen LogP contribution in [0.3, 0.4) is 0 Å². The van der Waals surface area contributed by atoms with Gasteiger partial charge in [0.25, 0.3) is 0 Å². The van der Waals surface area contributed by atoms with E-state index in [1.165, 1.54) is 0 Å². The molecule has 0 aromatic carbocycles. The topological polar surface area (TPSA) is 103 Å². The number of likely N-dealkylation sites (tertiary alicyclic amines) is 2. The molecule has 2 fully saturated rings. The Morgan fingerprint density at radius 3 is 2.71 bits per heavy atom. The van der Waals surface area contributed by atoms with Gasteiger partial charge < -0.3 is 26.2 Å². The van der Waals surface area contributed by atoms with E-state index >= 15 is 0 Å². The number of nitrogens with two attached hydrogens (primary N) is 1. The van der Waals surface area contributed by atoms with Crippen molar-refractivity contribution < 1.29 is 9.59 Å². The van der Waals surface area contributed by atoms with Crippen LogP contribution in [0, 0.1) is 5.92 Å². The molecule has 2 amide bonds. The number of nitrogens with zero attached hydrogens (tertiary/aromatic N) is 3. The van der Waals surface area contributed by atoms with Crippen molar-refractivity contribution in [3.63, 3.8) is 0 Å². The van der Waals surface area contributed by atoms with Gasteiger partial charge >= 0.3 is 0 Å². The molecule has 2 heterocycles. The highest BCUT2D eigenvalue weighted by Crippen LogP contribution is 2.15. The highest BCUT2D eigenvalue weighted by Gasteiger charge is 2.23. The van der Waals surface area contributed by atoms with Gasteiger partial charge in [-0.2, -0.15) is 0 Å². The van der Waals surface area contributed by atoms with E-state index in [4.69, 9.17) is 5.73 Å². The van der Waals surface area contributed by atoms with Crippen LogP contribution >= 0.6 is 24.0 Å². The van der Waals surface area contributed by atoms with Crippen LogP contribution in [0.1, 0.15) is 45.4 Å². The molecule has 1 unspecified atom stereocenters. The quantitative estimate of drug-likeness (QED) is 0.175. The second kappa shape index (κ2) is 14.0. The van der Waals surface area contributed by atoms with E-state index in [0.29, 0.717) is 13.0 Å². The van der Waals surface area contributed by atoms with E-state index in [1.54, 1.807) is 0 Å². The Hall–Kier alpha value is -1.10. The molecule has 2 saturated heterocycles. The molecule has 2 aliphatic rings. The first-order chi connectivity index (χ1) is 13.1. The Morgan fingerprint density at radius 1 is 1.21 bits per heavy atom. The first-order valence-electron chi connectivity index (χ1n) is 10.4. The minimum Gasteiger partial charge on any atom is -0.369 e. The molecule has 9 heteroatoms. The van der Waals surface area contributed by atoms with Crippen molar-refractivity contribution in [1.82, 2.24) is 20.4 Å². The van der Waals surface area contributed by atoms with Gasteiger partial charge in [-0.3, -0.25) is 14.6 Å². The number of piperidine rings is 1. The molecule has 0 aliphatic carbocycles. The van der Waals surface area contributed by atoms with Crippen LogP contribution < -0.4 is 16.4 Å². The number of rotatable bonds is 10. The maximum atomic E-state index is 11.6. The van der Waals surface area contributed by atoms with Crippen LogP contribution in [0.5, 0.6) is 0 Å². The normalized spacial score (nSPS) is 20.8. The average molecular weight is 508 g/mol. The summed E-state index contributed by atoms with van der Waals surface area (Å²) in [6, 6.07) is 0. The fourth-order valence-electron chi connectivity index (χ4n) is 3.73. The molecule has 0 aromatic rings. The van der Waals surface area contributed by atoms with Gasteiger partial charge in [-0.05, 0) is 52.1 Å². The summed E-state index contributed by atoms with van der Waals surface area (Å²) in [6.45, 7) is 8.94. The summed E-state index contributed by atoms with van der Waals surface area (Å²) in [7, 11) is 0. The lowest BCUT2D eigenvalue weighted by Crippen LogP contribution is -2.43. The molecule has 4 N–H and O–H groups in total. The molecule has 0 saturated carbocycles. The van der Waals surface area contributed by atoms with E-state index in [1.807, 2.05) is 4.90 Å². The molecule has 162 valence electrons. The zero-order chi connectivity index (χ0) is 19.5. The van der Waals surface area contributed by atoms with Gasteiger partial charge in [0, 0.05) is 45.7 Å². The third-order valence-corrected chi connectivity index (χ3v) is 5.22. The third-order valence-electron chi connectivity index (χ3n) is 5.22. The first-order valence-corrected chi connectivity index (χ1v) is 10.4. The predicted molar refractivity (Wildman–Crippen MR) is 123 cm³/mol. The van der Waals surface area contributed by atoms with Crippen LogP contribution in [0.2, 0.25) is 0 Å². The minimum atomic E-state index is -0.171. The Labute approximate surface area is 186 Å². The molecule has 0 aromatic heterocycles. The lowest BCUT2D eigenvalue weighted by atomic mass is 9.97. The van der Waals surface area contributed by atoms with E-state index in [2.05, 4.69) is 27.4 Å². The fraction of sp³-hybridized carbons (Fsp3) is 0.842. The predicted octanol–water partition coefficient (Wildman–Crippen LogP) is 0.759. The number of nitrogens with one attached hydrogen (secondary N) is 2. The Kier molecular flexibility index (Phi) is 12.4. The van der Waals surface area contributed by atoms with Gasteiger partial charge in [-0.1, -0.05) is 0 Å². The molecular weight excluding hydrogens is 471 g/mol. The van der Waals surface area contributed by atoms with Gasteiger partial charge in [-0.15, -0.1) is 24.0 Å². The van der Waals surface area contributed by atoms with Gasteiger partial charge in [0.05, 0.1) is 5.92 Å². The summed E-state index contributed by atoms with van der Waals surface area (Å²) in [5, 5.41) is 6.64. The number of hydrogen-bond donors (Lipinski definition) is 3. The molecule has 1 atom stereocenters. The molecule has 0 bridgehead atoms. The standard InChI is InChI=1S/C19H36N6O2.HI/c1-2-21-19(23-10-6-14-25-13-4-8-17(25)26)22-9-5-12-24-11-3-7-16(15-24)18(20)27;/h16H,2-15H2,1H3,(H2,20,27)(H2,21,22,23);1H. The SMILES string of the molecule is CCNC(=NCCCN1CCCC1=O)NCCCN1CCCC(C(N)=O)C1.I. The van der Waals surface area contributed by atoms with Crippen LogP contribution in [0.15, 0.2) is 4.99 Å². The first kappa shape index (κ1) is 24.9. The van der Waals surface area contributed by atoms with Gasteiger partial charge in [-0.25, -0.2) is 0 Å². The molecule has 8 nitrogen and oxygen atoms in total. The Balaban J connectivity index is 0.00000392. The number of aliphatic imine (C=N–C) groups is 1. The lowest BCUT2D eigenvalue weighted by Gasteiger charge is -2.31. The van der Waals surface area contributed by atoms with Gasteiger partial charge in [0.2, 0.25) is 11.8 Å². The van der Waals surface area contributed by atoms with Crippen molar-refractivity contribution in [3.05, 3.63) is 0 Å². The molecule has 0 radical (unpaired) electrons. The van der Waals surface area contributed by atoms with Gasteiger partial charge in [0.1, 0.15) is 0 Å². The van der Waals surface area contributed by atoms with E-state index in [-0.39, 0.29) is 41.7 Å². The van der Waals surface area contributed by atoms with Crippen LogP contribution in [-0.4, -0.2) is 79.9 Å². The summed E-state index contributed by atoms with van der Waals surface area (Å²) in [6.07, 6.45) is 5.55. The number of hydrogen-bond acceptors (Lipinski definition) is 4. The minimum absolute atomic E-state index is 0. The van der Waals surface area contributed by atoms with Crippen LogP contribution in [0.25, 0.3) is 0 Å². The Bertz CT molecular complexity index is 517. The summed E-state index contributed by atoms with van der Waals surface area (Å²) in [4.78, 5) is 31.8. The maximum Gasteiger partial charge on any atom is 0.222 e. The number of halogens is 1. The zero-order valence-electron chi connectivity index (χ0n) is 17.1. The van der Waals surface area contributed by atoms with Crippen molar-refractivity contribution >= 4 is 41.8 Å². The molecule has 2 aliphatic heterocycles. The van der Waals surface area contributed by atoms with Crippen molar-refractivity contribution in [1.29, 1.82) is 0 Å². The van der Waals surface area contributed by atoms with Crippen molar-refractivity contribution in [2.45, 2.75) is 45.4 Å². The highest BCUT2D eigenvalue weighted by molar-refractivity contribution is 14.0. The van der Waals surface area contributed by atoms with Crippen molar-refractivity contribution in [3.8, 4) is 0 Å². The molecule has 2 rings (SSSR count). The number of carbonyl (C=O) groups excluding carboxylic acids is 2. The largest absolute Gasteiger partial charge is 0.369 e. The number of primary amides is 1. The lowest BCUT2D eigenvalue weighted by molar-refractivity contribution is -0.127. The highest BCUT2D eigenvalue weighted by atomic mass is 127. The fourth-order valence-corrected chi connectivity index (χ4v) is 3.73. The Morgan fingerprint density at radius 2 is 2.04 bits per heavy atom. The third kappa shape index (κ3) is 8.93. The average Bonchev–Trinajstić information content (AvgIpc) is 3.07. The van der Waals surface area contributed by atoms with Crippen molar-refractivity contribution in [2.24, 2.45) is 16.6 Å². The smallest absolute Gasteiger partial charge is 0.222 e. The van der Waals surface area contributed by atoms with Gasteiger partial charge in [0.15, 0.2) is 5.96 Å². The second-order valence-corrected chi connectivity index (χ2v) is 7.42. The summed E-state index contributed by atoms with van der Waals surface area (Å²) >= 11 is 0. The van der Waals surface area contributed by atoms with Crippen LogP contribution in [-0.2, 0) is 9.59 Å². The monoisotopic (exact) mass is 508 g/mol. The second-order valence-electron chi connectivity index (χ2n) is 7.42. The summed E-state index contributed by atoms with van der Waals surface area (Å²) in [5.74, 6) is 0.947. The van der Waals surface area contributed by atoms with Crippen molar-refractivity contribution in [2.75, 3.05) is 52.4 Å². The molecule has 0 spiro atoms. The molecule has 28 heavy (non-hydrogen) atoms. The number of amides is 2. The van der Waals surface area contributed by atoms with E-state index < -0.39 is 0 Å².